The highest BCUT2D eigenvalue weighted by molar-refractivity contribution is 7.13. The molecule has 0 spiro atoms. The molecule has 0 aliphatic rings. The van der Waals surface area contributed by atoms with Crippen LogP contribution in [-0.2, 0) is 4.79 Å². The minimum Gasteiger partial charge on any atom is -0.341 e. The molecule has 10 heteroatoms. The van der Waals surface area contributed by atoms with Gasteiger partial charge in [0.25, 0.3) is 11.6 Å². The quantitative estimate of drug-likeness (QED) is 0.632. The smallest absolute Gasteiger partial charge is 0.288 e. The lowest BCUT2D eigenvalue weighted by atomic mass is 10.1. The highest BCUT2D eigenvalue weighted by atomic mass is 35.5. The van der Waals surface area contributed by atoms with Crippen LogP contribution in [-0.4, -0.2) is 27.8 Å². The molecule has 0 aliphatic carbocycles. The van der Waals surface area contributed by atoms with E-state index in [0.29, 0.717) is 5.13 Å². The lowest BCUT2D eigenvalue weighted by Crippen LogP contribution is -2.41. The van der Waals surface area contributed by atoms with E-state index in [1.807, 2.05) is 0 Å². The number of carbonyl (C=O) groups is 2. The van der Waals surface area contributed by atoms with Gasteiger partial charge in [0.1, 0.15) is 11.1 Å². The van der Waals surface area contributed by atoms with Gasteiger partial charge in [0, 0.05) is 23.2 Å². The van der Waals surface area contributed by atoms with Crippen molar-refractivity contribution in [3.8, 4) is 0 Å². The van der Waals surface area contributed by atoms with Crippen LogP contribution in [0.1, 0.15) is 17.3 Å². The number of halogens is 1. The number of nitro benzene ring substituents is 1. The van der Waals surface area contributed by atoms with Crippen molar-refractivity contribution in [2.24, 2.45) is 0 Å². The van der Waals surface area contributed by atoms with Gasteiger partial charge in [-0.3, -0.25) is 19.7 Å². The number of benzene rings is 1. The zero-order valence-corrected chi connectivity index (χ0v) is 13.4. The maximum atomic E-state index is 12.1. The predicted molar refractivity (Wildman–Crippen MR) is 85.8 cm³/mol. The molecule has 0 aliphatic heterocycles. The summed E-state index contributed by atoms with van der Waals surface area (Å²) in [4.78, 5) is 38.0. The Morgan fingerprint density at radius 3 is 2.78 bits per heavy atom. The maximum absolute atomic E-state index is 12.1. The van der Waals surface area contributed by atoms with Gasteiger partial charge in [-0.05, 0) is 19.1 Å². The summed E-state index contributed by atoms with van der Waals surface area (Å²) >= 11 is 6.93. The number of nitro groups is 1. The minimum atomic E-state index is -0.846. The summed E-state index contributed by atoms with van der Waals surface area (Å²) in [7, 11) is 0. The Balaban J connectivity index is 2.05. The van der Waals surface area contributed by atoms with E-state index in [1.54, 1.807) is 5.38 Å². The first kappa shape index (κ1) is 16.8. The van der Waals surface area contributed by atoms with Gasteiger partial charge in [0.2, 0.25) is 5.91 Å². The Morgan fingerprint density at radius 2 is 2.17 bits per heavy atom. The van der Waals surface area contributed by atoms with E-state index in [9.17, 15) is 19.7 Å². The lowest BCUT2D eigenvalue weighted by Gasteiger charge is -2.13. The average Bonchev–Trinajstić information content (AvgIpc) is 3.00. The molecular weight excluding hydrogens is 344 g/mol. The van der Waals surface area contributed by atoms with Gasteiger partial charge < -0.3 is 10.6 Å². The topological polar surface area (TPSA) is 114 Å². The fourth-order valence-electron chi connectivity index (χ4n) is 1.64. The number of hydrogen-bond acceptors (Lipinski definition) is 6. The Morgan fingerprint density at radius 1 is 1.43 bits per heavy atom. The zero-order chi connectivity index (χ0) is 17.0. The summed E-state index contributed by atoms with van der Waals surface area (Å²) in [5, 5.41) is 17.9. The third-order valence-electron chi connectivity index (χ3n) is 2.81. The van der Waals surface area contributed by atoms with Crippen LogP contribution in [0.5, 0.6) is 0 Å². The van der Waals surface area contributed by atoms with Gasteiger partial charge in [0.15, 0.2) is 5.13 Å². The Hall–Kier alpha value is -2.52. The molecular formula is C13H11ClN4O4S. The summed E-state index contributed by atoms with van der Waals surface area (Å²) in [5.74, 6) is -1.07. The fourth-order valence-corrected chi connectivity index (χ4v) is 2.36. The van der Waals surface area contributed by atoms with E-state index < -0.39 is 22.8 Å². The maximum Gasteiger partial charge on any atom is 0.288 e. The lowest BCUT2D eigenvalue weighted by molar-refractivity contribution is -0.384. The molecule has 0 radical (unpaired) electrons. The van der Waals surface area contributed by atoms with Crippen LogP contribution >= 0.6 is 22.9 Å². The van der Waals surface area contributed by atoms with Crippen LogP contribution in [0.4, 0.5) is 10.8 Å². The van der Waals surface area contributed by atoms with E-state index >= 15 is 0 Å². The molecule has 0 saturated heterocycles. The summed E-state index contributed by atoms with van der Waals surface area (Å²) in [6.45, 7) is 1.49. The predicted octanol–water partition coefficient (Wildman–Crippen LogP) is 2.46. The van der Waals surface area contributed by atoms with E-state index in [-0.39, 0.29) is 16.3 Å². The number of carbonyl (C=O) groups excluding carboxylic acids is 2. The van der Waals surface area contributed by atoms with Crippen LogP contribution in [0.25, 0.3) is 0 Å². The summed E-state index contributed by atoms with van der Waals surface area (Å²) in [5.41, 5.74) is -0.339. The number of thiazole rings is 1. The van der Waals surface area contributed by atoms with Crippen molar-refractivity contribution < 1.29 is 14.5 Å². The monoisotopic (exact) mass is 354 g/mol. The summed E-state index contributed by atoms with van der Waals surface area (Å²) in [6, 6.07) is 2.81. The Kier molecular flexibility index (Phi) is 5.24. The largest absolute Gasteiger partial charge is 0.341 e. The molecule has 0 fully saturated rings. The van der Waals surface area contributed by atoms with Gasteiger partial charge in [-0.2, -0.15) is 0 Å². The molecule has 2 amide bonds. The normalized spacial score (nSPS) is 11.6. The van der Waals surface area contributed by atoms with Crippen LogP contribution < -0.4 is 10.6 Å². The molecule has 0 saturated carbocycles. The second-order valence-electron chi connectivity index (χ2n) is 4.44. The van der Waals surface area contributed by atoms with Crippen molar-refractivity contribution in [1.82, 2.24) is 10.3 Å². The highest BCUT2D eigenvalue weighted by Gasteiger charge is 2.20. The number of aromatic nitrogens is 1. The minimum absolute atomic E-state index is 0.0370. The number of hydrogen-bond donors (Lipinski definition) is 2. The molecule has 1 aromatic heterocycles. The first-order valence-corrected chi connectivity index (χ1v) is 7.59. The molecule has 0 bridgehead atoms. The standard InChI is InChI=1S/C13H11ClN4O4S/c1-7(11(19)17-13-15-4-5-23-13)16-12(20)8-2-3-9(14)10(6-8)18(21)22/h2-7H,1H3,(H,16,20)(H,15,17,19)/t7-/m0/s1. The van der Waals surface area contributed by atoms with Crippen LogP contribution in [0, 0.1) is 10.1 Å². The molecule has 8 nitrogen and oxygen atoms in total. The van der Waals surface area contributed by atoms with Crippen LogP contribution in [0.3, 0.4) is 0 Å². The third-order valence-corrected chi connectivity index (χ3v) is 3.82. The number of nitrogens with one attached hydrogen (secondary N) is 2. The average molecular weight is 355 g/mol. The molecule has 1 aromatic carbocycles. The molecule has 120 valence electrons. The molecule has 23 heavy (non-hydrogen) atoms. The van der Waals surface area contributed by atoms with Gasteiger partial charge in [-0.25, -0.2) is 4.98 Å². The van der Waals surface area contributed by atoms with Gasteiger partial charge in [-0.1, -0.05) is 11.6 Å². The van der Waals surface area contributed by atoms with Crippen molar-refractivity contribution in [1.29, 1.82) is 0 Å². The van der Waals surface area contributed by atoms with Gasteiger partial charge >= 0.3 is 0 Å². The number of nitrogens with zero attached hydrogens (tertiary/aromatic N) is 2. The van der Waals surface area contributed by atoms with E-state index in [4.69, 9.17) is 11.6 Å². The fraction of sp³-hybridized carbons (Fsp3) is 0.154. The van der Waals surface area contributed by atoms with E-state index in [0.717, 1.165) is 6.07 Å². The van der Waals surface area contributed by atoms with Crippen molar-refractivity contribution in [3.63, 3.8) is 0 Å². The van der Waals surface area contributed by atoms with Gasteiger partial charge in [0.05, 0.1) is 4.92 Å². The summed E-state index contributed by atoms with van der Waals surface area (Å²) in [6.07, 6.45) is 1.54. The van der Waals surface area contributed by atoms with Crippen molar-refractivity contribution >= 4 is 45.6 Å². The SMILES string of the molecule is C[C@H](NC(=O)c1ccc(Cl)c([N+](=O)[O-])c1)C(=O)Nc1nccs1. The highest BCUT2D eigenvalue weighted by Crippen LogP contribution is 2.25. The second-order valence-corrected chi connectivity index (χ2v) is 5.75. The molecule has 2 N–H and O–H groups in total. The molecule has 2 aromatic rings. The molecule has 2 rings (SSSR count). The Labute approximate surface area is 139 Å². The molecule has 0 unspecified atom stereocenters. The van der Waals surface area contributed by atoms with E-state index in [2.05, 4.69) is 15.6 Å². The third kappa shape index (κ3) is 4.24. The number of rotatable bonds is 5. The van der Waals surface area contributed by atoms with Gasteiger partial charge in [-0.15, -0.1) is 11.3 Å². The molecule has 1 atom stereocenters. The Bertz CT molecular complexity index is 750. The first-order valence-electron chi connectivity index (χ1n) is 6.33. The van der Waals surface area contributed by atoms with Crippen molar-refractivity contribution in [3.05, 3.63) is 50.5 Å². The van der Waals surface area contributed by atoms with Crippen LogP contribution in [0.15, 0.2) is 29.8 Å². The second kappa shape index (κ2) is 7.16. The van der Waals surface area contributed by atoms with Crippen molar-refractivity contribution in [2.45, 2.75) is 13.0 Å². The zero-order valence-electron chi connectivity index (χ0n) is 11.8. The van der Waals surface area contributed by atoms with Crippen LogP contribution in [0.2, 0.25) is 5.02 Å². The first-order chi connectivity index (χ1) is 10.9. The van der Waals surface area contributed by atoms with Crippen molar-refractivity contribution in [2.75, 3.05) is 5.32 Å². The van der Waals surface area contributed by atoms with E-state index in [1.165, 1.54) is 36.6 Å². The summed E-state index contributed by atoms with van der Waals surface area (Å²) < 4.78 is 0. The molecule has 1 heterocycles. The number of amides is 2. The number of anilines is 1.